The van der Waals surface area contributed by atoms with Gasteiger partial charge in [0.25, 0.3) is 0 Å². The molecule has 0 spiro atoms. The lowest BCUT2D eigenvalue weighted by atomic mass is 10.1. The molecule has 7 heteroatoms. The second-order valence-corrected chi connectivity index (χ2v) is 10.3. The summed E-state index contributed by atoms with van der Waals surface area (Å²) in [6.45, 7) is 2.74. The number of nitrogens with zero attached hydrogens (tertiary/aromatic N) is 1. The Hall–Kier alpha value is -1.37. The highest BCUT2D eigenvalue weighted by Gasteiger charge is 2.33. The van der Waals surface area contributed by atoms with E-state index in [1.165, 1.54) is 10.4 Å². The molecule has 1 aromatic heterocycles. The summed E-state index contributed by atoms with van der Waals surface area (Å²) in [4.78, 5) is 15.5. The first-order valence-corrected chi connectivity index (χ1v) is 11.6. The molecular formula is C19H22ClNO3S2. The summed E-state index contributed by atoms with van der Waals surface area (Å²) < 4.78 is 25.4. The fraction of sp³-hybridized carbons (Fsp3) is 0.421. The number of amides is 1. The van der Waals surface area contributed by atoms with Gasteiger partial charge in [-0.3, -0.25) is 4.79 Å². The Morgan fingerprint density at radius 2 is 2.04 bits per heavy atom. The van der Waals surface area contributed by atoms with Gasteiger partial charge < -0.3 is 4.90 Å². The molecule has 3 rings (SSSR count). The maximum absolute atomic E-state index is 12.7. The van der Waals surface area contributed by atoms with Gasteiger partial charge in [0.15, 0.2) is 9.84 Å². The normalized spacial score (nSPS) is 19.9. The number of hydrogen-bond donors (Lipinski definition) is 0. The van der Waals surface area contributed by atoms with Crippen LogP contribution < -0.4 is 0 Å². The molecule has 1 fully saturated rings. The Labute approximate surface area is 163 Å². The van der Waals surface area contributed by atoms with Gasteiger partial charge in [-0.1, -0.05) is 29.8 Å². The van der Waals surface area contributed by atoms with Crippen molar-refractivity contribution in [2.24, 2.45) is 0 Å². The lowest BCUT2D eigenvalue weighted by molar-refractivity contribution is -0.130. The minimum Gasteiger partial charge on any atom is -0.342 e. The van der Waals surface area contributed by atoms with Crippen LogP contribution in [0.3, 0.4) is 0 Å². The standard InChI is InChI=1S/C19H22ClNO3S2/c1-14-9-12-25-17(14)6-7-19(22)21-10-8-18(26(23,24)13-11-21)15-4-2-3-5-16(15)20/h2-5,9,12,18H,6-8,10-11,13H2,1H3. The molecule has 1 aliphatic heterocycles. The third-order valence-electron chi connectivity index (χ3n) is 4.88. The SMILES string of the molecule is Cc1ccsc1CCC(=O)N1CCC(c2ccccc2Cl)S(=O)(=O)CC1. The summed E-state index contributed by atoms with van der Waals surface area (Å²) in [5.74, 6) is -0.0000519. The molecule has 26 heavy (non-hydrogen) atoms. The Morgan fingerprint density at radius 1 is 1.27 bits per heavy atom. The van der Waals surface area contributed by atoms with Crippen LogP contribution in [-0.4, -0.2) is 38.1 Å². The molecule has 2 heterocycles. The quantitative estimate of drug-likeness (QED) is 0.763. The van der Waals surface area contributed by atoms with E-state index in [-0.39, 0.29) is 18.2 Å². The lowest BCUT2D eigenvalue weighted by Crippen LogP contribution is -2.33. The number of carbonyl (C=O) groups excluding carboxylic acids is 1. The van der Waals surface area contributed by atoms with Gasteiger partial charge in [-0.25, -0.2) is 8.42 Å². The molecular weight excluding hydrogens is 390 g/mol. The maximum Gasteiger partial charge on any atom is 0.222 e. The van der Waals surface area contributed by atoms with Crippen molar-refractivity contribution in [1.29, 1.82) is 0 Å². The molecule has 0 bridgehead atoms. The molecule has 0 aliphatic carbocycles. The Kier molecular flexibility index (Phi) is 6.05. The molecule has 1 saturated heterocycles. The Bertz CT molecular complexity index is 892. The molecule has 140 valence electrons. The largest absolute Gasteiger partial charge is 0.342 e. The van der Waals surface area contributed by atoms with Crippen molar-refractivity contribution in [2.75, 3.05) is 18.8 Å². The summed E-state index contributed by atoms with van der Waals surface area (Å²) in [5, 5.41) is 1.85. The minimum absolute atomic E-state index is 0.0211. The average molecular weight is 412 g/mol. The summed E-state index contributed by atoms with van der Waals surface area (Å²) in [6, 6.07) is 9.12. The highest BCUT2D eigenvalue weighted by atomic mass is 35.5. The molecule has 0 N–H and O–H groups in total. The van der Waals surface area contributed by atoms with Crippen molar-refractivity contribution in [3.63, 3.8) is 0 Å². The van der Waals surface area contributed by atoms with Crippen molar-refractivity contribution in [3.05, 3.63) is 56.7 Å². The topological polar surface area (TPSA) is 54.5 Å². The number of sulfone groups is 1. The fourth-order valence-electron chi connectivity index (χ4n) is 3.32. The van der Waals surface area contributed by atoms with Crippen molar-refractivity contribution >= 4 is 38.7 Å². The number of carbonyl (C=O) groups is 1. The van der Waals surface area contributed by atoms with Crippen LogP contribution in [0, 0.1) is 6.92 Å². The van der Waals surface area contributed by atoms with E-state index in [0.717, 1.165) is 0 Å². The van der Waals surface area contributed by atoms with E-state index in [9.17, 15) is 13.2 Å². The minimum atomic E-state index is -3.34. The predicted octanol–water partition coefficient (Wildman–Crippen LogP) is 4.03. The molecule has 0 radical (unpaired) electrons. The smallest absolute Gasteiger partial charge is 0.222 e. The van der Waals surface area contributed by atoms with E-state index in [1.807, 2.05) is 12.3 Å². The second-order valence-electron chi connectivity index (χ2n) is 6.57. The van der Waals surface area contributed by atoms with E-state index in [2.05, 4.69) is 6.07 Å². The van der Waals surface area contributed by atoms with Crippen LogP contribution in [-0.2, 0) is 21.1 Å². The van der Waals surface area contributed by atoms with Crippen molar-refractivity contribution in [2.45, 2.75) is 31.4 Å². The average Bonchev–Trinajstić information content (AvgIpc) is 2.94. The van der Waals surface area contributed by atoms with E-state index in [4.69, 9.17) is 11.6 Å². The molecule has 1 unspecified atom stereocenters. The second kappa shape index (κ2) is 8.11. The molecule has 1 atom stereocenters. The molecule has 4 nitrogen and oxygen atoms in total. The monoisotopic (exact) mass is 411 g/mol. The summed E-state index contributed by atoms with van der Waals surface area (Å²) in [6.07, 6.45) is 1.51. The van der Waals surface area contributed by atoms with Crippen LogP contribution in [0.1, 0.15) is 34.1 Å². The first-order valence-electron chi connectivity index (χ1n) is 8.65. The van der Waals surface area contributed by atoms with Gasteiger partial charge in [-0.05, 0) is 48.4 Å². The molecule has 1 aromatic carbocycles. The van der Waals surface area contributed by atoms with E-state index in [1.54, 1.807) is 40.5 Å². The zero-order valence-corrected chi connectivity index (χ0v) is 17.0. The van der Waals surface area contributed by atoms with Crippen molar-refractivity contribution in [1.82, 2.24) is 4.90 Å². The highest BCUT2D eigenvalue weighted by Crippen LogP contribution is 2.34. The Morgan fingerprint density at radius 3 is 2.73 bits per heavy atom. The summed E-state index contributed by atoms with van der Waals surface area (Å²) in [7, 11) is -3.34. The van der Waals surface area contributed by atoms with Gasteiger partial charge in [-0.2, -0.15) is 0 Å². The third kappa shape index (κ3) is 4.30. The zero-order valence-electron chi connectivity index (χ0n) is 14.7. The summed E-state index contributed by atoms with van der Waals surface area (Å²) >= 11 is 7.87. The van der Waals surface area contributed by atoms with Crippen LogP contribution in [0.25, 0.3) is 0 Å². The van der Waals surface area contributed by atoms with E-state index >= 15 is 0 Å². The van der Waals surface area contributed by atoms with Crippen molar-refractivity contribution in [3.8, 4) is 0 Å². The Balaban J connectivity index is 1.69. The summed E-state index contributed by atoms with van der Waals surface area (Å²) in [5.41, 5.74) is 1.85. The van der Waals surface area contributed by atoms with Crippen LogP contribution in [0.15, 0.2) is 35.7 Å². The molecule has 2 aromatic rings. The number of benzene rings is 1. The number of halogens is 1. The predicted molar refractivity (Wildman–Crippen MR) is 107 cm³/mol. The van der Waals surface area contributed by atoms with E-state index in [0.29, 0.717) is 36.4 Å². The van der Waals surface area contributed by atoms with Crippen LogP contribution in [0.2, 0.25) is 5.02 Å². The zero-order chi connectivity index (χ0) is 18.7. The molecule has 1 aliphatic rings. The lowest BCUT2D eigenvalue weighted by Gasteiger charge is -2.20. The van der Waals surface area contributed by atoms with Gasteiger partial charge in [-0.15, -0.1) is 11.3 Å². The van der Waals surface area contributed by atoms with Crippen LogP contribution in [0.5, 0.6) is 0 Å². The molecule has 0 saturated carbocycles. The maximum atomic E-state index is 12.7. The van der Waals surface area contributed by atoms with Crippen molar-refractivity contribution < 1.29 is 13.2 Å². The first-order chi connectivity index (χ1) is 12.4. The van der Waals surface area contributed by atoms with Crippen LogP contribution >= 0.6 is 22.9 Å². The van der Waals surface area contributed by atoms with Gasteiger partial charge in [0.2, 0.25) is 5.91 Å². The number of aryl methyl sites for hydroxylation is 2. The van der Waals surface area contributed by atoms with Gasteiger partial charge >= 0.3 is 0 Å². The number of thiophene rings is 1. The highest BCUT2D eigenvalue weighted by molar-refractivity contribution is 7.91. The fourth-order valence-corrected chi connectivity index (χ4v) is 6.38. The van der Waals surface area contributed by atoms with Gasteiger partial charge in [0, 0.05) is 29.4 Å². The van der Waals surface area contributed by atoms with Crippen LogP contribution in [0.4, 0.5) is 0 Å². The molecule has 1 amide bonds. The van der Waals surface area contributed by atoms with Gasteiger partial charge in [0.05, 0.1) is 11.0 Å². The van der Waals surface area contributed by atoms with E-state index < -0.39 is 15.1 Å². The first kappa shape index (κ1) is 19.4. The number of hydrogen-bond acceptors (Lipinski definition) is 4. The number of rotatable bonds is 4. The van der Waals surface area contributed by atoms with Gasteiger partial charge in [0.1, 0.15) is 0 Å². The third-order valence-corrected chi connectivity index (χ3v) is 8.41.